The Balaban J connectivity index is 0.000000769. The van der Waals surface area contributed by atoms with E-state index in [-0.39, 0.29) is 19.0 Å². The van der Waals surface area contributed by atoms with Gasteiger partial charge in [-0.2, -0.15) is 0 Å². The summed E-state index contributed by atoms with van der Waals surface area (Å²) in [5, 5.41) is 16.8. The minimum Gasteiger partial charge on any atom is -0.483 e. The molecular weight excluding hydrogens is 414 g/mol. The van der Waals surface area contributed by atoms with Crippen molar-refractivity contribution < 1.29 is 24.6 Å². The lowest BCUT2D eigenvalue weighted by atomic mass is 10.1. The molecule has 3 rings (SSSR count). The van der Waals surface area contributed by atoms with Gasteiger partial charge in [0.25, 0.3) is 12.9 Å². The van der Waals surface area contributed by atoms with E-state index < -0.39 is 0 Å². The predicted octanol–water partition coefficient (Wildman–Crippen LogP) is 2.33. The van der Waals surface area contributed by atoms with Crippen LogP contribution in [0.15, 0.2) is 18.2 Å². The van der Waals surface area contributed by atoms with Crippen LogP contribution in [0.25, 0.3) is 11.0 Å². The Morgan fingerprint density at radius 1 is 1.25 bits per heavy atom. The summed E-state index contributed by atoms with van der Waals surface area (Å²) in [6.07, 6.45) is 4.60. The van der Waals surface area contributed by atoms with Crippen LogP contribution in [0.1, 0.15) is 37.6 Å². The van der Waals surface area contributed by atoms with Gasteiger partial charge in [0.15, 0.2) is 0 Å². The molecule has 0 spiro atoms. The molecule has 4 N–H and O–H groups in total. The number of aryl methyl sites for hydroxylation is 1. The molecule has 0 aliphatic carbocycles. The summed E-state index contributed by atoms with van der Waals surface area (Å²) in [6.45, 7) is 7.41. The number of piperidine rings is 1. The molecule has 178 valence electrons. The molecule has 1 aliphatic rings. The van der Waals surface area contributed by atoms with Gasteiger partial charge in [-0.25, -0.2) is 9.78 Å². The Morgan fingerprint density at radius 3 is 2.47 bits per heavy atom. The average Bonchev–Trinajstić information content (AvgIpc) is 3.22. The number of nitrogens with one attached hydrogen (secondary N) is 2. The van der Waals surface area contributed by atoms with Crippen molar-refractivity contribution in [2.75, 3.05) is 33.2 Å². The predicted molar refractivity (Wildman–Crippen MR) is 123 cm³/mol. The number of rotatable bonds is 6. The monoisotopic (exact) mass is 449 g/mol. The van der Waals surface area contributed by atoms with Crippen LogP contribution in [0.2, 0.25) is 0 Å². The van der Waals surface area contributed by atoms with E-state index in [4.69, 9.17) is 19.8 Å². The van der Waals surface area contributed by atoms with Gasteiger partial charge in [-0.05, 0) is 51.4 Å². The van der Waals surface area contributed by atoms with E-state index >= 15 is 0 Å². The summed E-state index contributed by atoms with van der Waals surface area (Å²) in [4.78, 5) is 41.3. The van der Waals surface area contributed by atoms with E-state index in [1.807, 2.05) is 19.2 Å². The van der Waals surface area contributed by atoms with Gasteiger partial charge in [-0.3, -0.25) is 14.5 Å². The van der Waals surface area contributed by atoms with Crippen molar-refractivity contribution in [1.29, 1.82) is 0 Å². The van der Waals surface area contributed by atoms with E-state index in [0.29, 0.717) is 19.1 Å². The molecule has 1 atom stereocenters. The fourth-order valence-electron chi connectivity index (χ4n) is 3.58. The van der Waals surface area contributed by atoms with Gasteiger partial charge in [-0.1, -0.05) is 18.6 Å². The number of hydrogen-bond donors (Lipinski definition) is 4. The molecule has 1 aromatic heterocycles. The molecular formula is C22H35N5O5. The maximum Gasteiger partial charge on any atom is 0.317 e. The Kier molecular flexibility index (Phi) is 12.4. The molecule has 1 aliphatic heterocycles. The molecule has 2 heterocycles. The first-order valence-corrected chi connectivity index (χ1v) is 10.7. The van der Waals surface area contributed by atoms with Gasteiger partial charge in [-0.15, -0.1) is 0 Å². The van der Waals surface area contributed by atoms with Crippen molar-refractivity contribution in [2.45, 2.75) is 45.6 Å². The summed E-state index contributed by atoms with van der Waals surface area (Å²) in [5.41, 5.74) is 3.25. The van der Waals surface area contributed by atoms with E-state index in [2.05, 4.69) is 40.1 Å². The SMILES string of the molecule is Cc1cccc2[nH]c(CCN(C)C(=O)NCC(C)N3CCCCC3)nc12.O=CO.O=CO. The van der Waals surface area contributed by atoms with Crippen LogP contribution in [0.3, 0.4) is 0 Å². The maximum atomic E-state index is 12.3. The number of carbonyl (C=O) groups is 3. The number of likely N-dealkylation sites (tertiary alicyclic amines) is 1. The first-order valence-electron chi connectivity index (χ1n) is 10.7. The highest BCUT2D eigenvalue weighted by molar-refractivity contribution is 5.78. The minimum atomic E-state index is -0.250. The van der Waals surface area contributed by atoms with Gasteiger partial charge in [0.2, 0.25) is 0 Å². The van der Waals surface area contributed by atoms with Crippen molar-refractivity contribution in [2.24, 2.45) is 0 Å². The molecule has 2 amide bonds. The second-order valence-electron chi connectivity index (χ2n) is 7.67. The Morgan fingerprint density at radius 2 is 1.88 bits per heavy atom. The van der Waals surface area contributed by atoms with Gasteiger partial charge < -0.3 is 25.4 Å². The van der Waals surface area contributed by atoms with Crippen molar-refractivity contribution in [3.63, 3.8) is 0 Å². The molecule has 10 heteroatoms. The molecule has 0 radical (unpaired) electrons. The zero-order valence-corrected chi connectivity index (χ0v) is 19.1. The van der Waals surface area contributed by atoms with Crippen LogP contribution in [-0.2, 0) is 16.0 Å². The zero-order valence-electron chi connectivity index (χ0n) is 19.1. The van der Waals surface area contributed by atoms with Crippen LogP contribution in [0.4, 0.5) is 4.79 Å². The highest BCUT2D eigenvalue weighted by Crippen LogP contribution is 2.15. The highest BCUT2D eigenvalue weighted by Gasteiger charge is 2.18. The first-order chi connectivity index (χ1) is 15.4. The van der Waals surface area contributed by atoms with Crippen molar-refractivity contribution in [1.82, 2.24) is 25.1 Å². The quantitative estimate of drug-likeness (QED) is 0.496. The van der Waals surface area contributed by atoms with E-state index in [1.54, 1.807) is 4.90 Å². The standard InChI is InChI=1S/C20H31N5O.2CH2O2/c1-15-8-7-9-17-19(15)23-18(22-17)10-13-24(3)20(26)21-14-16(2)25-11-5-4-6-12-25;2*2-1-3/h7-9,16H,4-6,10-14H2,1-3H3,(H,21,26)(H,22,23);2*1H,(H,2,3). The van der Waals surface area contributed by atoms with Crippen LogP contribution < -0.4 is 5.32 Å². The Bertz CT molecular complexity index is 829. The summed E-state index contributed by atoms with van der Waals surface area (Å²) < 4.78 is 0. The van der Waals surface area contributed by atoms with Crippen LogP contribution in [0.5, 0.6) is 0 Å². The third-order valence-corrected chi connectivity index (χ3v) is 5.36. The molecule has 1 saturated heterocycles. The number of carbonyl (C=O) groups excluding carboxylic acids is 1. The molecule has 1 aromatic carbocycles. The number of imidazole rings is 1. The van der Waals surface area contributed by atoms with Crippen molar-refractivity contribution in [3.05, 3.63) is 29.6 Å². The number of hydrogen-bond acceptors (Lipinski definition) is 5. The van der Waals surface area contributed by atoms with Crippen LogP contribution in [-0.4, -0.2) is 88.2 Å². The number of aromatic amines is 1. The van der Waals surface area contributed by atoms with Gasteiger partial charge in [0, 0.05) is 32.6 Å². The van der Waals surface area contributed by atoms with E-state index in [0.717, 1.165) is 36.4 Å². The second kappa shape index (κ2) is 14.8. The fraction of sp³-hybridized carbons (Fsp3) is 0.545. The van der Waals surface area contributed by atoms with Crippen molar-refractivity contribution >= 4 is 30.0 Å². The number of nitrogens with zero attached hydrogens (tertiary/aromatic N) is 3. The van der Waals surface area contributed by atoms with Gasteiger partial charge in [0.1, 0.15) is 5.82 Å². The number of para-hydroxylation sites is 1. The zero-order chi connectivity index (χ0) is 23.9. The third kappa shape index (κ3) is 8.93. The molecule has 10 nitrogen and oxygen atoms in total. The summed E-state index contributed by atoms with van der Waals surface area (Å²) in [6, 6.07) is 6.52. The van der Waals surface area contributed by atoms with E-state index in [1.165, 1.54) is 24.8 Å². The largest absolute Gasteiger partial charge is 0.483 e. The highest BCUT2D eigenvalue weighted by atomic mass is 16.3. The third-order valence-electron chi connectivity index (χ3n) is 5.36. The first kappa shape index (κ1) is 26.9. The van der Waals surface area contributed by atoms with Crippen LogP contribution >= 0.6 is 0 Å². The maximum absolute atomic E-state index is 12.3. The molecule has 0 bridgehead atoms. The lowest BCUT2D eigenvalue weighted by molar-refractivity contribution is -0.123. The molecule has 2 aromatic rings. The Labute approximate surface area is 188 Å². The minimum absolute atomic E-state index is 0.0128. The summed E-state index contributed by atoms with van der Waals surface area (Å²) in [5.74, 6) is 0.927. The number of benzene rings is 1. The van der Waals surface area contributed by atoms with Crippen molar-refractivity contribution in [3.8, 4) is 0 Å². The van der Waals surface area contributed by atoms with Gasteiger partial charge in [0.05, 0.1) is 11.0 Å². The number of likely N-dealkylation sites (N-methyl/N-ethyl adjacent to an activating group) is 1. The lowest BCUT2D eigenvalue weighted by Crippen LogP contribution is -2.47. The number of urea groups is 1. The van der Waals surface area contributed by atoms with E-state index in [9.17, 15) is 4.79 Å². The molecule has 1 unspecified atom stereocenters. The second-order valence-corrected chi connectivity index (χ2v) is 7.67. The molecule has 1 fully saturated rings. The summed E-state index contributed by atoms with van der Waals surface area (Å²) in [7, 11) is 1.84. The lowest BCUT2D eigenvalue weighted by Gasteiger charge is -2.32. The number of carboxylic acid groups (broad SMARTS) is 2. The molecule has 32 heavy (non-hydrogen) atoms. The smallest absolute Gasteiger partial charge is 0.317 e. The summed E-state index contributed by atoms with van der Waals surface area (Å²) >= 11 is 0. The average molecular weight is 450 g/mol. The number of H-pyrrole nitrogens is 1. The molecule has 0 saturated carbocycles. The van der Waals surface area contributed by atoms with Crippen LogP contribution in [0, 0.1) is 6.92 Å². The fourth-order valence-corrected chi connectivity index (χ4v) is 3.58. The Hall–Kier alpha value is -3.14. The normalized spacial score (nSPS) is 14.2. The number of fused-ring (bicyclic) bond motifs is 1. The number of aromatic nitrogens is 2. The van der Waals surface area contributed by atoms with Gasteiger partial charge >= 0.3 is 6.03 Å². The number of amides is 2. The topological polar surface area (TPSA) is 139 Å².